The third kappa shape index (κ3) is 5.02. The molecule has 1 aliphatic rings. The van der Waals surface area contributed by atoms with E-state index in [9.17, 15) is 14.9 Å². The third-order valence-corrected chi connectivity index (χ3v) is 4.65. The smallest absolute Gasteiger partial charge is 0.348 e. The van der Waals surface area contributed by atoms with E-state index >= 15 is 0 Å². The van der Waals surface area contributed by atoms with Crippen LogP contribution in [0.3, 0.4) is 0 Å². The molecule has 2 heterocycles. The van der Waals surface area contributed by atoms with Crippen molar-refractivity contribution in [2.24, 2.45) is 0 Å². The van der Waals surface area contributed by atoms with Crippen molar-refractivity contribution in [1.29, 1.82) is 5.26 Å². The molecule has 1 fully saturated rings. The van der Waals surface area contributed by atoms with Crippen molar-refractivity contribution in [1.82, 2.24) is 9.47 Å². The second-order valence-electron chi connectivity index (χ2n) is 6.52. The van der Waals surface area contributed by atoms with E-state index < -0.39 is 5.97 Å². The lowest BCUT2D eigenvalue weighted by Gasteiger charge is -2.27. The summed E-state index contributed by atoms with van der Waals surface area (Å²) >= 11 is 0. The van der Waals surface area contributed by atoms with Crippen molar-refractivity contribution in [3.63, 3.8) is 0 Å². The van der Waals surface area contributed by atoms with Crippen LogP contribution in [0.4, 0.5) is 0 Å². The van der Waals surface area contributed by atoms with Gasteiger partial charge in [-0.05, 0) is 12.1 Å². The number of nitrogens with zero attached hydrogens (tertiary/aromatic N) is 3. The zero-order valence-electron chi connectivity index (χ0n) is 16.3. The van der Waals surface area contributed by atoms with Gasteiger partial charge in [0.2, 0.25) is 5.91 Å². The van der Waals surface area contributed by atoms with Crippen LogP contribution in [0, 0.1) is 11.3 Å². The molecule has 0 saturated carbocycles. The maximum absolute atomic E-state index is 12.6. The first kappa shape index (κ1) is 20.6. The lowest BCUT2D eigenvalue weighted by molar-refractivity contribution is -0.139. The number of fused-ring (bicyclic) bond motifs is 1. The van der Waals surface area contributed by atoms with E-state index in [0.29, 0.717) is 31.9 Å². The molecule has 0 spiro atoms. The number of esters is 1. The van der Waals surface area contributed by atoms with Crippen LogP contribution in [-0.2, 0) is 30.3 Å². The minimum atomic E-state index is -0.703. The largest absolute Gasteiger partial charge is 0.459 e. The number of amides is 1. The van der Waals surface area contributed by atoms with Gasteiger partial charge in [-0.3, -0.25) is 4.79 Å². The zero-order chi connectivity index (χ0) is 20.6. The minimum absolute atomic E-state index is 0.00376. The molecule has 0 bridgehead atoms. The number of benzene rings is 1. The van der Waals surface area contributed by atoms with E-state index in [1.165, 1.54) is 13.2 Å². The first-order valence-electron chi connectivity index (χ1n) is 9.35. The van der Waals surface area contributed by atoms with Crippen LogP contribution in [0.5, 0.6) is 0 Å². The highest BCUT2D eigenvalue weighted by atomic mass is 16.6. The maximum Gasteiger partial charge on any atom is 0.348 e. The quantitative estimate of drug-likeness (QED) is 0.305. The number of methoxy groups -OCH3 is 1. The second-order valence-corrected chi connectivity index (χ2v) is 6.52. The molecule has 1 aliphatic heterocycles. The van der Waals surface area contributed by atoms with Gasteiger partial charge >= 0.3 is 5.97 Å². The Morgan fingerprint density at radius 3 is 2.72 bits per heavy atom. The molecule has 3 rings (SSSR count). The molecule has 1 aromatic carbocycles. The van der Waals surface area contributed by atoms with Gasteiger partial charge < -0.3 is 23.7 Å². The molecule has 0 atom stereocenters. The van der Waals surface area contributed by atoms with E-state index in [2.05, 4.69) is 0 Å². The normalized spacial score (nSPS) is 14.6. The van der Waals surface area contributed by atoms with Crippen molar-refractivity contribution >= 4 is 28.9 Å². The van der Waals surface area contributed by atoms with Crippen molar-refractivity contribution in [3.8, 4) is 6.07 Å². The second kappa shape index (κ2) is 9.87. The molecule has 0 aliphatic carbocycles. The van der Waals surface area contributed by atoms with Crippen LogP contribution in [0.2, 0.25) is 0 Å². The summed E-state index contributed by atoms with van der Waals surface area (Å²) in [5, 5.41) is 10.2. The summed E-state index contributed by atoms with van der Waals surface area (Å²) in [6.45, 7) is 2.76. The predicted octanol–water partition coefficient (Wildman–Crippen LogP) is 1.60. The Bertz CT molecular complexity index is 951. The SMILES string of the molecule is COCCOC(=O)/C(C#N)=C/c1cn(CC(=O)N2CCOCC2)c2ccccc12. The van der Waals surface area contributed by atoms with Crippen molar-refractivity contribution in [2.45, 2.75) is 6.54 Å². The molecule has 8 heteroatoms. The third-order valence-electron chi connectivity index (χ3n) is 4.65. The molecule has 152 valence electrons. The van der Waals surface area contributed by atoms with Crippen LogP contribution in [0.1, 0.15) is 5.56 Å². The van der Waals surface area contributed by atoms with Crippen LogP contribution in [-0.4, -0.2) is 68.0 Å². The molecule has 0 N–H and O–H groups in total. The average molecular weight is 397 g/mol. The minimum Gasteiger partial charge on any atom is -0.459 e. The molecule has 0 unspecified atom stereocenters. The van der Waals surface area contributed by atoms with Crippen LogP contribution < -0.4 is 0 Å². The Morgan fingerprint density at radius 1 is 1.24 bits per heavy atom. The molecule has 1 amide bonds. The first-order valence-corrected chi connectivity index (χ1v) is 9.35. The number of rotatable bonds is 7. The number of para-hydroxylation sites is 1. The summed E-state index contributed by atoms with van der Waals surface area (Å²) in [6, 6.07) is 9.44. The number of hydrogen-bond acceptors (Lipinski definition) is 6. The number of nitriles is 1. The molecule has 0 radical (unpaired) electrons. The number of carbonyl (C=O) groups excluding carboxylic acids is 2. The van der Waals surface area contributed by atoms with Gasteiger partial charge in [0.25, 0.3) is 0 Å². The van der Waals surface area contributed by atoms with Crippen LogP contribution >= 0.6 is 0 Å². The van der Waals surface area contributed by atoms with E-state index in [1.807, 2.05) is 34.9 Å². The number of morpholine rings is 1. The van der Waals surface area contributed by atoms with E-state index in [0.717, 1.165) is 10.9 Å². The topological polar surface area (TPSA) is 93.8 Å². The lowest BCUT2D eigenvalue weighted by Crippen LogP contribution is -2.42. The summed E-state index contributed by atoms with van der Waals surface area (Å²) < 4.78 is 17.0. The Kier molecular flexibility index (Phi) is 7.00. The molecule has 29 heavy (non-hydrogen) atoms. The maximum atomic E-state index is 12.6. The monoisotopic (exact) mass is 397 g/mol. The Morgan fingerprint density at radius 2 is 2.00 bits per heavy atom. The molecule has 2 aromatic rings. The van der Waals surface area contributed by atoms with Gasteiger partial charge in [0.1, 0.15) is 24.8 Å². The summed E-state index contributed by atoms with van der Waals surface area (Å²) in [5.41, 5.74) is 1.42. The number of carbonyl (C=O) groups is 2. The fraction of sp³-hybridized carbons (Fsp3) is 0.381. The Hall–Kier alpha value is -3.15. The fourth-order valence-electron chi connectivity index (χ4n) is 3.17. The molecular weight excluding hydrogens is 374 g/mol. The van der Waals surface area contributed by atoms with Crippen LogP contribution in [0.15, 0.2) is 36.0 Å². The Balaban J connectivity index is 1.86. The van der Waals surface area contributed by atoms with Crippen LogP contribution in [0.25, 0.3) is 17.0 Å². The van der Waals surface area contributed by atoms with Crippen molar-refractivity contribution in [2.75, 3.05) is 46.6 Å². The number of aromatic nitrogens is 1. The van der Waals surface area contributed by atoms with Gasteiger partial charge in [0, 0.05) is 42.9 Å². The Labute approximate surface area is 168 Å². The summed E-state index contributed by atoms with van der Waals surface area (Å²) in [7, 11) is 1.50. The van der Waals surface area contributed by atoms with E-state index in [4.69, 9.17) is 14.2 Å². The standard InChI is InChI=1S/C21H23N3O5/c1-27-10-11-29-21(26)16(13-22)12-17-14-24(19-5-3-2-4-18(17)19)15-20(25)23-6-8-28-9-7-23/h2-5,12,14H,6-11,15H2,1H3/b16-12+. The average Bonchev–Trinajstić information content (AvgIpc) is 3.10. The van der Waals surface area contributed by atoms with Gasteiger partial charge in [0.05, 0.1) is 19.8 Å². The first-order chi connectivity index (χ1) is 14.1. The van der Waals surface area contributed by atoms with Gasteiger partial charge in [0.15, 0.2) is 0 Å². The van der Waals surface area contributed by atoms with Crippen molar-refractivity contribution in [3.05, 3.63) is 41.6 Å². The molecule has 8 nitrogen and oxygen atoms in total. The molecular formula is C21H23N3O5. The van der Waals surface area contributed by atoms with Gasteiger partial charge in [-0.1, -0.05) is 18.2 Å². The van der Waals surface area contributed by atoms with Crippen molar-refractivity contribution < 1.29 is 23.8 Å². The molecule has 1 aromatic heterocycles. The lowest BCUT2D eigenvalue weighted by atomic mass is 10.1. The predicted molar refractivity (Wildman–Crippen MR) is 106 cm³/mol. The number of ether oxygens (including phenoxy) is 3. The highest BCUT2D eigenvalue weighted by Crippen LogP contribution is 2.24. The van der Waals surface area contributed by atoms with Gasteiger partial charge in [-0.25, -0.2) is 4.79 Å². The van der Waals surface area contributed by atoms with E-state index in [1.54, 1.807) is 11.1 Å². The fourth-order valence-corrected chi connectivity index (χ4v) is 3.17. The van der Waals surface area contributed by atoms with Gasteiger partial charge in [-0.2, -0.15) is 5.26 Å². The highest BCUT2D eigenvalue weighted by molar-refractivity contribution is 6.01. The number of hydrogen-bond donors (Lipinski definition) is 0. The molecule has 1 saturated heterocycles. The summed E-state index contributed by atoms with van der Waals surface area (Å²) in [5.74, 6) is -0.699. The summed E-state index contributed by atoms with van der Waals surface area (Å²) in [6.07, 6.45) is 3.27. The summed E-state index contributed by atoms with van der Waals surface area (Å²) in [4.78, 5) is 26.6. The zero-order valence-corrected chi connectivity index (χ0v) is 16.3. The van der Waals surface area contributed by atoms with E-state index in [-0.39, 0.29) is 31.2 Å². The van der Waals surface area contributed by atoms with Gasteiger partial charge in [-0.15, -0.1) is 0 Å². The highest BCUT2D eigenvalue weighted by Gasteiger charge is 2.19.